The minimum atomic E-state index is -0.472. The van der Waals surface area contributed by atoms with Crippen LogP contribution in [-0.2, 0) is 16.1 Å². The van der Waals surface area contributed by atoms with Gasteiger partial charge in [0.25, 0.3) is 5.89 Å². The SMILES string of the molecule is Cc1ccc(-c2noc(COC(=O)CCC(=O)c3cccs3)n2)cc1. The van der Waals surface area contributed by atoms with Gasteiger partial charge in [-0.3, -0.25) is 9.59 Å². The first-order chi connectivity index (χ1) is 12.1. The van der Waals surface area contributed by atoms with E-state index in [1.54, 1.807) is 12.1 Å². The molecule has 0 saturated carbocycles. The van der Waals surface area contributed by atoms with Gasteiger partial charge in [-0.1, -0.05) is 41.1 Å². The summed E-state index contributed by atoms with van der Waals surface area (Å²) in [6.45, 7) is 1.89. The molecule has 0 amide bonds. The highest BCUT2D eigenvalue weighted by Crippen LogP contribution is 2.17. The number of nitrogens with zero attached hydrogens (tertiary/aromatic N) is 2. The van der Waals surface area contributed by atoms with Crippen LogP contribution in [0.3, 0.4) is 0 Å². The van der Waals surface area contributed by atoms with Crippen LogP contribution in [0.1, 0.15) is 34.0 Å². The molecule has 3 rings (SSSR count). The van der Waals surface area contributed by atoms with Gasteiger partial charge >= 0.3 is 5.97 Å². The molecule has 2 heterocycles. The predicted molar refractivity (Wildman–Crippen MR) is 92.2 cm³/mol. The Morgan fingerprint density at radius 2 is 1.96 bits per heavy atom. The number of hydrogen-bond acceptors (Lipinski definition) is 7. The Hall–Kier alpha value is -2.80. The van der Waals surface area contributed by atoms with E-state index in [9.17, 15) is 9.59 Å². The van der Waals surface area contributed by atoms with E-state index < -0.39 is 5.97 Å². The van der Waals surface area contributed by atoms with E-state index in [0.717, 1.165) is 11.1 Å². The Balaban J connectivity index is 1.48. The first-order valence-electron chi connectivity index (χ1n) is 7.74. The van der Waals surface area contributed by atoms with E-state index in [1.807, 2.05) is 36.6 Å². The lowest BCUT2D eigenvalue weighted by Crippen LogP contribution is -2.07. The summed E-state index contributed by atoms with van der Waals surface area (Å²) in [5.41, 5.74) is 1.96. The largest absolute Gasteiger partial charge is 0.456 e. The summed E-state index contributed by atoms with van der Waals surface area (Å²) in [5.74, 6) is 0.124. The smallest absolute Gasteiger partial charge is 0.306 e. The van der Waals surface area contributed by atoms with Crippen LogP contribution in [0, 0.1) is 6.92 Å². The molecule has 0 spiro atoms. The molecule has 0 saturated heterocycles. The molecule has 6 nitrogen and oxygen atoms in total. The summed E-state index contributed by atoms with van der Waals surface area (Å²) >= 11 is 1.36. The van der Waals surface area contributed by atoms with Gasteiger partial charge in [-0.2, -0.15) is 4.98 Å². The van der Waals surface area contributed by atoms with Gasteiger partial charge in [-0.15, -0.1) is 11.3 Å². The zero-order valence-corrected chi connectivity index (χ0v) is 14.4. The van der Waals surface area contributed by atoms with Gasteiger partial charge in [0.2, 0.25) is 5.82 Å². The molecule has 1 aromatic carbocycles. The van der Waals surface area contributed by atoms with Crippen LogP contribution >= 0.6 is 11.3 Å². The number of ketones is 1. The molecule has 25 heavy (non-hydrogen) atoms. The third-order valence-electron chi connectivity index (χ3n) is 3.49. The van der Waals surface area contributed by atoms with E-state index in [4.69, 9.17) is 9.26 Å². The van der Waals surface area contributed by atoms with Gasteiger partial charge in [0.15, 0.2) is 12.4 Å². The zero-order chi connectivity index (χ0) is 17.6. The zero-order valence-electron chi connectivity index (χ0n) is 13.6. The number of aryl methyl sites for hydroxylation is 1. The molecule has 128 valence electrons. The monoisotopic (exact) mass is 356 g/mol. The highest BCUT2D eigenvalue weighted by Gasteiger charge is 2.13. The highest BCUT2D eigenvalue weighted by molar-refractivity contribution is 7.12. The second kappa shape index (κ2) is 7.85. The number of Topliss-reactive ketones (excluding diaryl/α,β-unsaturated/α-hetero) is 1. The average molecular weight is 356 g/mol. The maximum atomic E-state index is 11.8. The van der Waals surface area contributed by atoms with E-state index in [1.165, 1.54) is 11.3 Å². The van der Waals surface area contributed by atoms with Crippen molar-refractivity contribution < 1.29 is 18.8 Å². The normalized spacial score (nSPS) is 10.6. The maximum absolute atomic E-state index is 11.8. The number of benzene rings is 1. The molecule has 7 heteroatoms. The highest BCUT2D eigenvalue weighted by atomic mass is 32.1. The summed E-state index contributed by atoms with van der Waals surface area (Å²) in [5, 5.41) is 5.70. The van der Waals surface area contributed by atoms with E-state index >= 15 is 0 Å². The van der Waals surface area contributed by atoms with Crippen molar-refractivity contribution in [2.45, 2.75) is 26.4 Å². The van der Waals surface area contributed by atoms with Crippen molar-refractivity contribution in [2.75, 3.05) is 0 Å². The van der Waals surface area contributed by atoms with Crippen molar-refractivity contribution in [2.24, 2.45) is 0 Å². The Labute approximate surface area is 148 Å². The van der Waals surface area contributed by atoms with Crippen molar-refractivity contribution in [3.05, 3.63) is 58.1 Å². The molecule has 2 aromatic heterocycles. The molecular weight excluding hydrogens is 340 g/mol. The number of ether oxygens (including phenoxy) is 1. The lowest BCUT2D eigenvalue weighted by molar-refractivity contribution is -0.145. The molecule has 0 bridgehead atoms. The maximum Gasteiger partial charge on any atom is 0.306 e. The second-order valence-electron chi connectivity index (χ2n) is 5.44. The standard InChI is InChI=1S/C18H16N2O4S/c1-12-4-6-13(7-5-12)18-19-16(24-20-18)11-23-17(22)9-8-14(21)15-3-2-10-25-15/h2-7,10H,8-9,11H2,1H3. The predicted octanol–water partition coefficient (Wildman–Crippen LogP) is 3.81. The lowest BCUT2D eigenvalue weighted by Gasteiger charge is -2.01. The molecule has 3 aromatic rings. The number of carbonyl (C=O) groups excluding carboxylic acids is 2. The fourth-order valence-electron chi connectivity index (χ4n) is 2.12. The van der Waals surface area contributed by atoms with Gasteiger partial charge < -0.3 is 9.26 Å². The Morgan fingerprint density at radius 3 is 2.68 bits per heavy atom. The van der Waals surface area contributed by atoms with Crippen LogP contribution in [0.2, 0.25) is 0 Å². The molecule has 0 atom stereocenters. The van der Waals surface area contributed by atoms with E-state index in [-0.39, 0.29) is 31.1 Å². The van der Waals surface area contributed by atoms with Gasteiger partial charge in [-0.25, -0.2) is 0 Å². The minimum Gasteiger partial charge on any atom is -0.456 e. The van der Waals surface area contributed by atoms with Crippen LogP contribution in [0.5, 0.6) is 0 Å². The molecule has 0 fully saturated rings. The topological polar surface area (TPSA) is 82.3 Å². The number of hydrogen-bond donors (Lipinski definition) is 0. The lowest BCUT2D eigenvalue weighted by atomic mass is 10.1. The molecular formula is C18H16N2O4S. The summed E-state index contributed by atoms with van der Waals surface area (Å²) in [7, 11) is 0. The summed E-state index contributed by atoms with van der Waals surface area (Å²) in [4.78, 5) is 28.4. The minimum absolute atomic E-state index is 0.0235. The van der Waals surface area contributed by atoms with Crippen LogP contribution < -0.4 is 0 Å². The Kier molecular flexibility index (Phi) is 5.35. The van der Waals surface area contributed by atoms with Gasteiger partial charge in [0.1, 0.15) is 0 Å². The summed E-state index contributed by atoms with van der Waals surface area (Å²) < 4.78 is 10.2. The van der Waals surface area contributed by atoms with Crippen LogP contribution in [0.4, 0.5) is 0 Å². The first-order valence-corrected chi connectivity index (χ1v) is 8.62. The molecule has 0 N–H and O–H groups in total. The molecule has 0 aliphatic heterocycles. The molecule has 0 aliphatic rings. The van der Waals surface area contributed by atoms with Crippen LogP contribution in [-0.4, -0.2) is 21.9 Å². The number of esters is 1. The molecule has 0 aliphatic carbocycles. The second-order valence-corrected chi connectivity index (χ2v) is 6.39. The van der Waals surface area contributed by atoms with Crippen molar-refractivity contribution in [1.82, 2.24) is 10.1 Å². The van der Waals surface area contributed by atoms with Crippen molar-refractivity contribution >= 4 is 23.1 Å². The van der Waals surface area contributed by atoms with Gasteiger partial charge in [0.05, 0.1) is 11.3 Å². The number of rotatable bonds is 7. The summed E-state index contributed by atoms with van der Waals surface area (Å²) in [6, 6.07) is 11.2. The van der Waals surface area contributed by atoms with Crippen LogP contribution in [0.15, 0.2) is 46.3 Å². The fraction of sp³-hybridized carbons (Fsp3) is 0.222. The van der Waals surface area contributed by atoms with E-state index in [0.29, 0.717) is 10.7 Å². The first kappa shape index (κ1) is 17.0. The number of carbonyl (C=O) groups is 2. The Bertz CT molecular complexity index is 854. The fourth-order valence-corrected chi connectivity index (χ4v) is 2.82. The third kappa shape index (κ3) is 4.60. The van der Waals surface area contributed by atoms with Gasteiger partial charge in [0, 0.05) is 12.0 Å². The quantitative estimate of drug-likeness (QED) is 0.473. The third-order valence-corrected chi connectivity index (χ3v) is 4.40. The Morgan fingerprint density at radius 1 is 1.16 bits per heavy atom. The molecule has 0 unspecified atom stereocenters. The van der Waals surface area contributed by atoms with Gasteiger partial charge in [-0.05, 0) is 18.4 Å². The van der Waals surface area contributed by atoms with Crippen molar-refractivity contribution in [3.8, 4) is 11.4 Å². The number of thiophene rings is 1. The summed E-state index contributed by atoms with van der Waals surface area (Å²) in [6.07, 6.45) is 0.146. The molecule has 0 radical (unpaired) electrons. The van der Waals surface area contributed by atoms with Crippen molar-refractivity contribution in [3.63, 3.8) is 0 Å². The average Bonchev–Trinajstić information content (AvgIpc) is 3.30. The van der Waals surface area contributed by atoms with E-state index in [2.05, 4.69) is 10.1 Å². The number of aromatic nitrogens is 2. The van der Waals surface area contributed by atoms with Crippen LogP contribution in [0.25, 0.3) is 11.4 Å². The van der Waals surface area contributed by atoms with Crippen molar-refractivity contribution in [1.29, 1.82) is 0 Å².